The molecule has 2 aromatic carbocycles. The monoisotopic (exact) mass is 804 g/mol. The maximum absolute atomic E-state index is 15.0. The van der Waals surface area contributed by atoms with Crippen molar-refractivity contribution in [2.24, 2.45) is 29.1 Å². The number of benzene rings is 2. The molecule has 59 heavy (non-hydrogen) atoms. The highest BCUT2D eigenvalue weighted by Gasteiger charge is 2.47. The minimum Gasteiger partial charge on any atom is -0.488 e. The minimum absolute atomic E-state index is 0.0891. The molecule has 0 unspecified atom stereocenters. The molecule has 2 amide bonds. The normalized spacial score (nSPS) is 20.0. The van der Waals surface area contributed by atoms with Gasteiger partial charge in [-0.15, -0.1) is 0 Å². The van der Waals surface area contributed by atoms with E-state index in [0.717, 1.165) is 56.1 Å². The third kappa shape index (κ3) is 11.6. The highest BCUT2D eigenvalue weighted by molar-refractivity contribution is 6.38. The molecule has 2 saturated carbocycles. The van der Waals surface area contributed by atoms with Crippen LogP contribution < -0.4 is 10.1 Å². The third-order valence-corrected chi connectivity index (χ3v) is 12.4. The summed E-state index contributed by atoms with van der Waals surface area (Å²) in [7, 11) is 0. The van der Waals surface area contributed by atoms with Crippen molar-refractivity contribution < 1.29 is 33.5 Å². The standard InChI is InChI=1S/C48H60N4O7/c1-5-13-35(45(56)43(55)24-31-20-21-31)26-41(53)40-27-37(59-36-19-12-18-34(25-36)32-14-8-6-9-15-32)30-52(40)47(58)38(48(2,3)4)28-42(54)44(33-16-10-7-11-17-33)51-46(57)39-29-49-22-23-50-39/h6,8-9,12,14-15,18-19,22-23,25,29,31,33,35,37-38,40,44H,5,7,10-11,13,16-17,20-21,24,26-28,30H2,1-4H3,(H,51,57)/t35-,37-,38-,40+,44+/m1/s1. The molecule has 2 heterocycles. The average molecular weight is 805 g/mol. The van der Waals surface area contributed by atoms with E-state index in [1.165, 1.54) is 18.6 Å². The topological polar surface area (TPSA) is 153 Å². The van der Waals surface area contributed by atoms with Crippen LogP contribution in [0.25, 0.3) is 11.1 Å². The van der Waals surface area contributed by atoms with E-state index in [1.54, 1.807) is 4.90 Å². The lowest BCUT2D eigenvalue weighted by Crippen LogP contribution is -2.51. The summed E-state index contributed by atoms with van der Waals surface area (Å²) in [5.74, 6) is -3.11. The minimum atomic E-state index is -0.916. The van der Waals surface area contributed by atoms with E-state index in [2.05, 4.69) is 15.3 Å². The van der Waals surface area contributed by atoms with Gasteiger partial charge in [0.1, 0.15) is 17.5 Å². The second kappa shape index (κ2) is 19.8. The van der Waals surface area contributed by atoms with Crippen LogP contribution in [0.4, 0.5) is 0 Å². The SMILES string of the molecule is CCC[C@H](CC(=O)[C@@H]1C[C@@H](Oc2cccc(-c3ccccc3)c2)CN1C(=O)[C@@H](CC(=O)[C@@H](NC(=O)c1cnccn1)C1CCCCC1)C(C)(C)C)C(=O)C(=O)CC1CC1. The quantitative estimate of drug-likeness (QED) is 0.120. The molecule has 11 nitrogen and oxygen atoms in total. The molecule has 3 fully saturated rings. The Kier molecular flexibility index (Phi) is 14.6. The molecule has 0 spiro atoms. The molecule has 0 bridgehead atoms. The first-order valence-corrected chi connectivity index (χ1v) is 21.6. The molecule has 2 aliphatic carbocycles. The zero-order valence-corrected chi connectivity index (χ0v) is 35.1. The Labute approximate surface area is 348 Å². The lowest BCUT2D eigenvalue weighted by molar-refractivity contribution is -0.147. The van der Waals surface area contributed by atoms with Crippen LogP contribution in [0.2, 0.25) is 0 Å². The Bertz CT molecular complexity index is 1950. The number of Topliss-reactive ketones (excluding diaryl/α,β-unsaturated/α-hetero) is 4. The fourth-order valence-corrected chi connectivity index (χ4v) is 8.82. The van der Waals surface area contributed by atoms with Crippen LogP contribution in [0.3, 0.4) is 0 Å². The van der Waals surface area contributed by atoms with Crippen LogP contribution in [-0.2, 0) is 24.0 Å². The number of hydrogen-bond acceptors (Lipinski definition) is 9. The molecule has 1 saturated heterocycles. The fraction of sp³-hybridized carbons (Fsp3) is 0.542. The second-order valence-electron chi connectivity index (χ2n) is 18.0. The van der Waals surface area contributed by atoms with Crippen LogP contribution in [0.15, 0.2) is 73.2 Å². The molecule has 6 rings (SSSR count). The zero-order chi connectivity index (χ0) is 42.1. The summed E-state index contributed by atoms with van der Waals surface area (Å²) in [4.78, 5) is 93.6. The van der Waals surface area contributed by atoms with Crippen molar-refractivity contribution in [3.8, 4) is 16.9 Å². The van der Waals surface area contributed by atoms with Crippen molar-refractivity contribution in [1.82, 2.24) is 20.2 Å². The maximum Gasteiger partial charge on any atom is 0.272 e. The van der Waals surface area contributed by atoms with E-state index >= 15 is 4.79 Å². The number of ether oxygens (including phenoxy) is 1. The predicted molar refractivity (Wildman–Crippen MR) is 224 cm³/mol. The lowest BCUT2D eigenvalue weighted by atomic mass is 9.74. The smallest absolute Gasteiger partial charge is 0.272 e. The number of nitrogens with zero attached hydrogens (tertiary/aromatic N) is 3. The van der Waals surface area contributed by atoms with Gasteiger partial charge in [0, 0.05) is 49.9 Å². The van der Waals surface area contributed by atoms with Gasteiger partial charge in [-0.05, 0) is 72.6 Å². The van der Waals surface area contributed by atoms with Gasteiger partial charge in [-0.2, -0.15) is 0 Å². The summed E-state index contributed by atoms with van der Waals surface area (Å²) in [6, 6.07) is 15.9. The molecular formula is C48H60N4O7. The number of hydrogen-bond donors (Lipinski definition) is 1. The van der Waals surface area contributed by atoms with Crippen LogP contribution in [0.5, 0.6) is 5.75 Å². The number of ketones is 4. The van der Waals surface area contributed by atoms with Crippen molar-refractivity contribution in [3.63, 3.8) is 0 Å². The van der Waals surface area contributed by atoms with Gasteiger partial charge in [0.05, 0.1) is 24.8 Å². The van der Waals surface area contributed by atoms with Crippen molar-refractivity contribution in [3.05, 3.63) is 78.9 Å². The number of nitrogens with one attached hydrogen (secondary N) is 1. The van der Waals surface area contributed by atoms with Gasteiger partial charge in [-0.3, -0.25) is 33.8 Å². The first-order chi connectivity index (χ1) is 28.3. The van der Waals surface area contributed by atoms with Crippen molar-refractivity contribution in [2.75, 3.05) is 6.54 Å². The molecule has 3 aliphatic rings. The highest BCUT2D eigenvalue weighted by atomic mass is 16.5. The van der Waals surface area contributed by atoms with E-state index in [9.17, 15) is 24.0 Å². The van der Waals surface area contributed by atoms with Crippen molar-refractivity contribution >= 4 is 34.9 Å². The lowest BCUT2D eigenvalue weighted by Gasteiger charge is -2.36. The van der Waals surface area contributed by atoms with E-state index in [0.29, 0.717) is 18.6 Å². The molecule has 5 atom stereocenters. The van der Waals surface area contributed by atoms with Crippen molar-refractivity contribution in [2.45, 2.75) is 129 Å². The summed E-state index contributed by atoms with van der Waals surface area (Å²) in [5.41, 5.74) is 1.39. The summed E-state index contributed by atoms with van der Waals surface area (Å²) in [5, 5.41) is 2.97. The largest absolute Gasteiger partial charge is 0.488 e. The maximum atomic E-state index is 15.0. The molecule has 3 aromatic rings. The second-order valence-corrected chi connectivity index (χ2v) is 18.0. The van der Waals surface area contributed by atoms with Crippen LogP contribution in [0.1, 0.15) is 122 Å². The van der Waals surface area contributed by atoms with Crippen molar-refractivity contribution in [1.29, 1.82) is 0 Å². The number of amides is 2. The summed E-state index contributed by atoms with van der Waals surface area (Å²) in [6.45, 7) is 7.76. The van der Waals surface area contributed by atoms with E-state index in [4.69, 9.17) is 4.74 Å². The van der Waals surface area contributed by atoms with E-state index < -0.39 is 52.9 Å². The van der Waals surface area contributed by atoms with Gasteiger partial charge in [0.15, 0.2) is 17.3 Å². The predicted octanol–water partition coefficient (Wildman–Crippen LogP) is 7.81. The first kappa shape index (κ1) is 43.5. The van der Waals surface area contributed by atoms with Gasteiger partial charge in [0.25, 0.3) is 5.91 Å². The van der Waals surface area contributed by atoms with Gasteiger partial charge >= 0.3 is 0 Å². The van der Waals surface area contributed by atoms with Gasteiger partial charge in [-0.25, -0.2) is 4.98 Å². The number of likely N-dealkylation sites (tertiary alicyclic amines) is 1. The Morgan fingerprint density at radius 2 is 1.61 bits per heavy atom. The molecule has 1 aliphatic heterocycles. The van der Waals surface area contributed by atoms with Crippen LogP contribution in [0, 0.1) is 29.1 Å². The van der Waals surface area contributed by atoms with Gasteiger partial charge in [-0.1, -0.05) is 95.8 Å². The summed E-state index contributed by atoms with van der Waals surface area (Å²) in [6.07, 6.45) is 11.3. The van der Waals surface area contributed by atoms with E-state index in [1.807, 2.05) is 82.3 Å². The number of carbonyl (C=O) groups excluding carboxylic acids is 6. The molecule has 11 heteroatoms. The number of carbonyl (C=O) groups is 6. The first-order valence-electron chi connectivity index (χ1n) is 21.6. The Balaban J connectivity index is 1.26. The average Bonchev–Trinajstić information content (AvgIpc) is 3.96. The zero-order valence-electron chi connectivity index (χ0n) is 35.1. The molecule has 0 radical (unpaired) electrons. The Hall–Kier alpha value is -5.06. The summed E-state index contributed by atoms with van der Waals surface area (Å²) >= 11 is 0. The van der Waals surface area contributed by atoms with Gasteiger partial charge < -0.3 is 15.0 Å². The Morgan fingerprint density at radius 3 is 2.27 bits per heavy atom. The molecule has 1 N–H and O–H groups in total. The molecular weight excluding hydrogens is 745 g/mol. The molecule has 1 aromatic heterocycles. The van der Waals surface area contributed by atoms with Gasteiger partial charge in [0.2, 0.25) is 11.7 Å². The number of rotatable bonds is 19. The fourth-order valence-electron chi connectivity index (χ4n) is 8.82. The Morgan fingerprint density at radius 1 is 0.881 bits per heavy atom. The third-order valence-electron chi connectivity index (χ3n) is 12.4. The van der Waals surface area contributed by atoms with E-state index in [-0.39, 0.29) is 67.2 Å². The highest BCUT2D eigenvalue weighted by Crippen LogP contribution is 2.38. The molecule has 314 valence electrons. The van der Waals surface area contributed by atoms with Crippen LogP contribution >= 0.6 is 0 Å². The summed E-state index contributed by atoms with van der Waals surface area (Å²) < 4.78 is 6.54. The van der Waals surface area contributed by atoms with Crippen LogP contribution in [-0.4, -0.2) is 74.5 Å². The number of aromatic nitrogens is 2.